The standard InChI is InChI=1S/C33H35N3O4/c1-23-8-5-12-31(24(23)2)40-19-7-13-32(37)36-18-4-3-9-29-28(10-6-11-30(29)36)27-20-34-35(22-27)21-25-14-16-26(17-15-25)33(38)39/h5-6,8,10-12,14-17,20,22H,3-4,7,9,13,18-19,21H2,1-2H3,(H,38,39). The summed E-state index contributed by atoms with van der Waals surface area (Å²) in [5.74, 6) is 0.0799. The van der Waals surface area contributed by atoms with Crippen molar-refractivity contribution < 1.29 is 19.4 Å². The summed E-state index contributed by atoms with van der Waals surface area (Å²) >= 11 is 0. The smallest absolute Gasteiger partial charge is 0.335 e. The molecule has 1 aliphatic heterocycles. The largest absolute Gasteiger partial charge is 0.493 e. The number of carboxylic acids is 1. The molecule has 4 aromatic rings. The number of rotatable bonds is 9. The summed E-state index contributed by atoms with van der Waals surface area (Å²) in [6.07, 6.45) is 7.88. The van der Waals surface area contributed by atoms with Crippen LogP contribution >= 0.6 is 0 Å². The number of carboxylic acid groups (broad SMARTS) is 1. The first kappa shape index (κ1) is 27.2. The molecule has 0 unspecified atom stereocenters. The first-order valence-electron chi connectivity index (χ1n) is 13.9. The Balaban J connectivity index is 1.27. The van der Waals surface area contributed by atoms with Gasteiger partial charge in [0.05, 0.1) is 24.9 Å². The highest BCUT2D eigenvalue weighted by atomic mass is 16.5. The Hall–Kier alpha value is -4.39. The number of anilines is 1. The molecule has 0 spiro atoms. The molecule has 5 rings (SSSR count). The number of carbonyl (C=O) groups excluding carboxylic acids is 1. The van der Waals surface area contributed by atoms with Gasteiger partial charge in [0.15, 0.2) is 0 Å². The first-order chi connectivity index (χ1) is 19.4. The van der Waals surface area contributed by atoms with Gasteiger partial charge < -0.3 is 14.7 Å². The highest BCUT2D eigenvalue weighted by Crippen LogP contribution is 2.35. The number of carbonyl (C=O) groups is 2. The monoisotopic (exact) mass is 537 g/mol. The first-order valence-corrected chi connectivity index (χ1v) is 13.9. The number of fused-ring (bicyclic) bond motifs is 1. The number of ether oxygens (including phenoxy) is 1. The summed E-state index contributed by atoms with van der Waals surface area (Å²) in [7, 11) is 0. The molecular formula is C33H35N3O4. The normalized spacial score (nSPS) is 13.0. The maximum atomic E-state index is 13.4. The van der Waals surface area contributed by atoms with Crippen molar-refractivity contribution in [3.63, 3.8) is 0 Å². The molecular weight excluding hydrogens is 502 g/mol. The minimum absolute atomic E-state index is 0.130. The van der Waals surface area contributed by atoms with Crippen LogP contribution in [-0.4, -0.2) is 39.9 Å². The Labute approximate surface area is 235 Å². The molecule has 7 heteroatoms. The van der Waals surface area contributed by atoms with E-state index in [1.165, 1.54) is 11.1 Å². The molecule has 1 aliphatic rings. The average molecular weight is 538 g/mol. The van der Waals surface area contributed by atoms with Gasteiger partial charge in [-0.1, -0.05) is 36.4 Å². The zero-order valence-corrected chi connectivity index (χ0v) is 23.1. The number of hydrogen-bond donors (Lipinski definition) is 1. The van der Waals surface area contributed by atoms with E-state index in [2.05, 4.69) is 37.1 Å². The predicted molar refractivity (Wildman–Crippen MR) is 156 cm³/mol. The maximum absolute atomic E-state index is 13.4. The molecule has 2 heterocycles. The highest BCUT2D eigenvalue weighted by Gasteiger charge is 2.23. The summed E-state index contributed by atoms with van der Waals surface area (Å²) < 4.78 is 7.84. The quantitative estimate of drug-likeness (QED) is 0.248. The van der Waals surface area contributed by atoms with Crippen LogP contribution < -0.4 is 9.64 Å². The van der Waals surface area contributed by atoms with Crippen molar-refractivity contribution in [2.45, 2.75) is 52.5 Å². The number of aromatic carboxylic acids is 1. The van der Waals surface area contributed by atoms with Crippen LogP contribution in [0.5, 0.6) is 5.75 Å². The number of benzene rings is 3. The number of aryl methyl sites for hydroxylation is 1. The van der Waals surface area contributed by atoms with Crippen molar-refractivity contribution in [2.75, 3.05) is 18.1 Å². The average Bonchev–Trinajstić information content (AvgIpc) is 3.30. The van der Waals surface area contributed by atoms with E-state index in [9.17, 15) is 9.59 Å². The predicted octanol–water partition coefficient (Wildman–Crippen LogP) is 6.44. The third-order valence-corrected chi connectivity index (χ3v) is 7.64. The third kappa shape index (κ3) is 6.09. The Morgan fingerprint density at radius 1 is 1.00 bits per heavy atom. The summed E-state index contributed by atoms with van der Waals surface area (Å²) in [4.78, 5) is 26.5. The zero-order valence-electron chi connectivity index (χ0n) is 23.1. The Morgan fingerprint density at radius 2 is 1.80 bits per heavy atom. The van der Waals surface area contributed by atoms with Crippen LogP contribution in [0.1, 0.15) is 58.3 Å². The van der Waals surface area contributed by atoms with E-state index in [4.69, 9.17) is 9.84 Å². The van der Waals surface area contributed by atoms with Crippen molar-refractivity contribution >= 4 is 17.6 Å². The van der Waals surface area contributed by atoms with Crippen LogP contribution in [0.25, 0.3) is 11.1 Å². The van der Waals surface area contributed by atoms with E-state index < -0.39 is 5.97 Å². The van der Waals surface area contributed by atoms with E-state index in [0.29, 0.717) is 26.0 Å². The van der Waals surface area contributed by atoms with Crippen molar-refractivity contribution in [3.8, 4) is 16.9 Å². The molecule has 0 saturated carbocycles. The van der Waals surface area contributed by atoms with Gasteiger partial charge in [0.2, 0.25) is 5.91 Å². The van der Waals surface area contributed by atoms with Crippen LogP contribution in [0.3, 0.4) is 0 Å². The van der Waals surface area contributed by atoms with Gasteiger partial charge in [-0.25, -0.2) is 4.79 Å². The molecule has 0 atom stereocenters. The number of amides is 1. The summed E-state index contributed by atoms with van der Waals surface area (Å²) in [5.41, 5.74) is 7.87. The lowest BCUT2D eigenvalue weighted by Gasteiger charge is -2.24. The molecule has 1 aromatic heterocycles. The lowest BCUT2D eigenvalue weighted by Crippen LogP contribution is -2.31. The van der Waals surface area contributed by atoms with Crippen LogP contribution in [0.15, 0.2) is 73.1 Å². The molecule has 40 heavy (non-hydrogen) atoms. The molecule has 7 nitrogen and oxygen atoms in total. The molecule has 206 valence electrons. The fraction of sp³-hybridized carbons (Fsp3) is 0.303. The molecule has 0 fully saturated rings. The van der Waals surface area contributed by atoms with E-state index in [0.717, 1.165) is 59.5 Å². The fourth-order valence-electron chi connectivity index (χ4n) is 5.26. The van der Waals surface area contributed by atoms with E-state index in [1.54, 1.807) is 12.1 Å². The summed E-state index contributed by atoms with van der Waals surface area (Å²) in [5, 5.41) is 13.7. The van der Waals surface area contributed by atoms with Crippen LogP contribution in [-0.2, 0) is 17.8 Å². The SMILES string of the molecule is Cc1cccc(OCCCC(=O)N2CCCCc3c(-c4cnn(Cc5ccc(C(=O)O)cc5)c4)cccc32)c1C. The second-order valence-corrected chi connectivity index (χ2v) is 10.4. The van der Waals surface area contributed by atoms with Crippen molar-refractivity contribution in [3.05, 3.63) is 101 Å². The Bertz CT molecular complexity index is 1510. The summed E-state index contributed by atoms with van der Waals surface area (Å²) in [6.45, 7) is 5.91. The van der Waals surface area contributed by atoms with Crippen LogP contribution in [0, 0.1) is 13.8 Å². The zero-order chi connectivity index (χ0) is 28.1. The maximum Gasteiger partial charge on any atom is 0.335 e. The van der Waals surface area contributed by atoms with Gasteiger partial charge in [-0.15, -0.1) is 0 Å². The second kappa shape index (κ2) is 12.2. The van der Waals surface area contributed by atoms with Crippen LogP contribution in [0.2, 0.25) is 0 Å². The minimum atomic E-state index is -0.934. The van der Waals surface area contributed by atoms with Crippen molar-refractivity contribution in [2.24, 2.45) is 0 Å². The lowest BCUT2D eigenvalue weighted by molar-refractivity contribution is -0.118. The second-order valence-electron chi connectivity index (χ2n) is 10.4. The van der Waals surface area contributed by atoms with Gasteiger partial charge in [0, 0.05) is 30.4 Å². The number of aromatic nitrogens is 2. The van der Waals surface area contributed by atoms with E-state index in [-0.39, 0.29) is 11.5 Å². The van der Waals surface area contributed by atoms with Crippen molar-refractivity contribution in [1.82, 2.24) is 9.78 Å². The van der Waals surface area contributed by atoms with Gasteiger partial charge in [-0.3, -0.25) is 9.48 Å². The lowest BCUT2D eigenvalue weighted by atomic mass is 9.97. The third-order valence-electron chi connectivity index (χ3n) is 7.64. The Kier molecular flexibility index (Phi) is 8.29. The molecule has 3 aromatic carbocycles. The Morgan fingerprint density at radius 3 is 2.60 bits per heavy atom. The molecule has 0 bridgehead atoms. The van der Waals surface area contributed by atoms with Crippen LogP contribution in [0.4, 0.5) is 5.69 Å². The fourth-order valence-corrected chi connectivity index (χ4v) is 5.26. The molecule has 0 aliphatic carbocycles. The van der Waals surface area contributed by atoms with Crippen molar-refractivity contribution in [1.29, 1.82) is 0 Å². The van der Waals surface area contributed by atoms with Gasteiger partial charge in [-0.2, -0.15) is 5.10 Å². The molecule has 1 amide bonds. The van der Waals surface area contributed by atoms with Gasteiger partial charge in [0.25, 0.3) is 0 Å². The topological polar surface area (TPSA) is 84.7 Å². The number of nitrogens with zero attached hydrogens (tertiary/aromatic N) is 3. The van der Waals surface area contributed by atoms with Gasteiger partial charge >= 0.3 is 5.97 Å². The summed E-state index contributed by atoms with van der Waals surface area (Å²) in [6, 6.07) is 19.1. The molecule has 0 saturated heterocycles. The highest BCUT2D eigenvalue weighted by molar-refractivity contribution is 5.95. The molecule has 0 radical (unpaired) electrons. The minimum Gasteiger partial charge on any atom is -0.493 e. The van der Waals surface area contributed by atoms with Gasteiger partial charge in [0.1, 0.15) is 5.75 Å². The van der Waals surface area contributed by atoms with Gasteiger partial charge in [-0.05, 0) is 91.6 Å². The van der Waals surface area contributed by atoms with E-state index in [1.807, 2.05) is 52.3 Å². The number of hydrogen-bond acceptors (Lipinski definition) is 4. The molecule has 1 N–H and O–H groups in total. The van der Waals surface area contributed by atoms with E-state index >= 15 is 0 Å².